The van der Waals surface area contributed by atoms with Gasteiger partial charge in [-0.3, -0.25) is 9.59 Å². The van der Waals surface area contributed by atoms with Crippen LogP contribution in [0.5, 0.6) is 5.75 Å². The first kappa shape index (κ1) is 20.3. The van der Waals surface area contributed by atoms with Gasteiger partial charge >= 0.3 is 5.97 Å². The van der Waals surface area contributed by atoms with Gasteiger partial charge in [-0.1, -0.05) is 29.3 Å². The molecule has 0 atom stereocenters. The number of benzene rings is 2. The van der Waals surface area contributed by atoms with E-state index in [4.69, 9.17) is 9.57 Å². The van der Waals surface area contributed by atoms with Gasteiger partial charge in [-0.2, -0.15) is 0 Å². The molecule has 2 amide bonds. The Kier molecular flexibility index (Phi) is 5.24. The zero-order valence-corrected chi connectivity index (χ0v) is 17.2. The van der Waals surface area contributed by atoms with E-state index in [1.165, 1.54) is 16.8 Å². The molecule has 0 spiro atoms. The second kappa shape index (κ2) is 8.02. The van der Waals surface area contributed by atoms with E-state index < -0.39 is 17.8 Å². The summed E-state index contributed by atoms with van der Waals surface area (Å²) in [5, 5.41) is 8.45. The van der Waals surface area contributed by atoms with Crippen molar-refractivity contribution in [3.8, 4) is 11.4 Å². The summed E-state index contributed by atoms with van der Waals surface area (Å²) in [6, 6.07) is 13.5. The molecule has 158 valence electrons. The summed E-state index contributed by atoms with van der Waals surface area (Å²) in [5.41, 5.74) is 1.47. The summed E-state index contributed by atoms with van der Waals surface area (Å²) in [6.45, 7) is 5.71. The maximum Gasteiger partial charge on any atom is 0.386 e. The molecule has 0 fully saturated rings. The van der Waals surface area contributed by atoms with Gasteiger partial charge in [0.05, 0.1) is 28.6 Å². The van der Waals surface area contributed by atoms with Crippen LogP contribution in [0.3, 0.4) is 0 Å². The molecule has 0 N–H and O–H groups in total. The first-order valence-corrected chi connectivity index (χ1v) is 9.82. The van der Waals surface area contributed by atoms with Crippen molar-refractivity contribution in [2.75, 3.05) is 0 Å². The van der Waals surface area contributed by atoms with E-state index in [1.807, 2.05) is 20.8 Å². The van der Waals surface area contributed by atoms with Gasteiger partial charge in [0, 0.05) is 0 Å². The minimum atomic E-state index is -0.933. The lowest BCUT2D eigenvalue weighted by Gasteiger charge is -2.12. The number of hydrogen-bond acceptors (Lipinski definition) is 7. The SMILES string of the molecule is CCc1c(C(=O)ON2C(=O)c3ccccc3C2=O)nnn1-c1ccc(OC(C)C)cc1. The summed E-state index contributed by atoms with van der Waals surface area (Å²) < 4.78 is 7.15. The topological polar surface area (TPSA) is 104 Å². The zero-order chi connectivity index (χ0) is 22.1. The Bertz CT molecular complexity index is 1130. The molecule has 0 radical (unpaired) electrons. The summed E-state index contributed by atoms with van der Waals surface area (Å²) in [7, 11) is 0. The first-order valence-electron chi connectivity index (χ1n) is 9.82. The predicted molar refractivity (Wildman–Crippen MR) is 109 cm³/mol. The molecule has 4 rings (SSSR count). The number of aromatic nitrogens is 3. The van der Waals surface area contributed by atoms with Crippen LogP contribution >= 0.6 is 0 Å². The van der Waals surface area contributed by atoms with Crippen molar-refractivity contribution in [2.24, 2.45) is 0 Å². The lowest BCUT2D eigenvalue weighted by atomic mass is 10.1. The van der Waals surface area contributed by atoms with Crippen LogP contribution in [0.15, 0.2) is 48.5 Å². The van der Waals surface area contributed by atoms with Crippen LogP contribution in [0.1, 0.15) is 57.7 Å². The predicted octanol–water partition coefficient (Wildman–Crippen LogP) is 2.98. The van der Waals surface area contributed by atoms with Crippen molar-refractivity contribution in [3.05, 3.63) is 71.0 Å². The number of nitrogens with zero attached hydrogens (tertiary/aromatic N) is 4. The molecule has 0 unspecified atom stereocenters. The van der Waals surface area contributed by atoms with Crippen molar-refractivity contribution in [1.29, 1.82) is 0 Å². The van der Waals surface area contributed by atoms with Crippen LogP contribution in [-0.2, 0) is 11.3 Å². The minimum absolute atomic E-state index is 0.0481. The van der Waals surface area contributed by atoms with Crippen LogP contribution in [0, 0.1) is 0 Å². The third-order valence-electron chi connectivity index (χ3n) is 4.68. The van der Waals surface area contributed by atoms with Crippen LogP contribution in [0.4, 0.5) is 0 Å². The largest absolute Gasteiger partial charge is 0.491 e. The number of fused-ring (bicyclic) bond motifs is 1. The molecule has 3 aromatic rings. The van der Waals surface area contributed by atoms with Gasteiger partial charge in [-0.15, -0.1) is 5.10 Å². The highest BCUT2D eigenvalue weighted by Gasteiger charge is 2.39. The summed E-state index contributed by atoms with van der Waals surface area (Å²) in [5.74, 6) is -1.61. The highest BCUT2D eigenvalue weighted by Crippen LogP contribution is 2.24. The average molecular weight is 420 g/mol. The van der Waals surface area contributed by atoms with E-state index in [1.54, 1.807) is 36.4 Å². The Morgan fingerprint density at radius 1 is 1.00 bits per heavy atom. The Hall–Kier alpha value is -4.01. The fourth-order valence-corrected chi connectivity index (χ4v) is 3.30. The maximum absolute atomic E-state index is 12.7. The van der Waals surface area contributed by atoms with Crippen LogP contribution in [0.25, 0.3) is 5.69 Å². The van der Waals surface area contributed by atoms with Crippen molar-refractivity contribution >= 4 is 17.8 Å². The van der Waals surface area contributed by atoms with E-state index in [0.717, 1.165) is 0 Å². The smallest absolute Gasteiger partial charge is 0.386 e. The van der Waals surface area contributed by atoms with Gasteiger partial charge in [-0.25, -0.2) is 9.48 Å². The molecule has 0 saturated heterocycles. The van der Waals surface area contributed by atoms with Crippen molar-refractivity contribution < 1.29 is 24.0 Å². The molecule has 31 heavy (non-hydrogen) atoms. The second-order valence-corrected chi connectivity index (χ2v) is 7.14. The van der Waals surface area contributed by atoms with Gasteiger partial charge in [0.25, 0.3) is 11.8 Å². The van der Waals surface area contributed by atoms with Gasteiger partial charge < -0.3 is 9.57 Å². The lowest BCUT2D eigenvalue weighted by Crippen LogP contribution is -2.33. The first-order chi connectivity index (χ1) is 14.9. The Labute approximate surface area is 178 Å². The Morgan fingerprint density at radius 2 is 1.61 bits per heavy atom. The van der Waals surface area contributed by atoms with Gasteiger partial charge in [0.2, 0.25) is 0 Å². The summed E-state index contributed by atoms with van der Waals surface area (Å²) >= 11 is 0. The quantitative estimate of drug-likeness (QED) is 0.565. The van der Waals surface area contributed by atoms with Crippen molar-refractivity contribution in [2.45, 2.75) is 33.3 Å². The number of ether oxygens (including phenoxy) is 1. The molecule has 2 aromatic carbocycles. The summed E-state index contributed by atoms with van der Waals surface area (Å²) in [6.07, 6.45) is 0.469. The van der Waals surface area contributed by atoms with E-state index in [-0.39, 0.29) is 22.9 Å². The van der Waals surface area contributed by atoms with Crippen molar-refractivity contribution in [3.63, 3.8) is 0 Å². The second-order valence-electron chi connectivity index (χ2n) is 7.14. The number of amides is 2. The average Bonchev–Trinajstić information content (AvgIpc) is 3.29. The lowest BCUT2D eigenvalue weighted by molar-refractivity contribution is -0.0589. The third-order valence-corrected chi connectivity index (χ3v) is 4.68. The van der Waals surface area contributed by atoms with E-state index in [2.05, 4.69) is 10.3 Å². The molecule has 0 bridgehead atoms. The van der Waals surface area contributed by atoms with Gasteiger partial charge in [0.15, 0.2) is 5.69 Å². The zero-order valence-electron chi connectivity index (χ0n) is 17.2. The van der Waals surface area contributed by atoms with Crippen LogP contribution < -0.4 is 4.74 Å². The highest BCUT2D eigenvalue weighted by atomic mass is 16.7. The summed E-state index contributed by atoms with van der Waals surface area (Å²) in [4.78, 5) is 42.7. The van der Waals surface area contributed by atoms with Crippen molar-refractivity contribution in [1.82, 2.24) is 20.1 Å². The molecule has 9 heteroatoms. The molecule has 2 heterocycles. The number of hydroxylamine groups is 2. The number of imide groups is 1. The fourth-order valence-electron chi connectivity index (χ4n) is 3.30. The number of rotatable bonds is 6. The van der Waals surface area contributed by atoms with Crippen LogP contribution in [-0.4, -0.2) is 43.9 Å². The van der Waals surface area contributed by atoms with Gasteiger partial charge in [0.1, 0.15) is 5.75 Å². The molecule has 0 aliphatic carbocycles. The standard InChI is InChI=1S/C22H20N4O5/c1-4-18-19(23-24-25(18)14-9-11-15(12-10-14)30-13(2)3)22(29)31-26-20(27)16-7-5-6-8-17(16)21(26)28/h5-13H,4H2,1-3H3. The molecule has 1 aliphatic heterocycles. The molecule has 1 aliphatic rings. The fraction of sp³-hybridized carbons (Fsp3) is 0.227. The Balaban J connectivity index is 1.57. The molecule has 9 nitrogen and oxygen atoms in total. The van der Waals surface area contributed by atoms with Crippen LogP contribution in [0.2, 0.25) is 0 Å². The monoisotopic (exact) mass is 420 g/mol. The molecular weight excluding hydrogens is 400 g/mol. The Morgan fingerprint density at radius 3 is 2.16 bits per heavy atom. The molecule has 1 aromatic heterocycles. The van der Waals surface area contributed by atoms with E-state index >= 15 is 0 Å². The molecule has 0 saturated carbocycles. The normalized spacial score (nSPS) is 13.0. The maximum atomic E-state index is 12.7. The highest BCUT2D eigenvalue weighted by molar-refractivity contribution is 6.21. The number of carbonyl (C=O) groups excluding carboxylic acids is 3. The molecular formula is C22H20N4O5. The van der Waals surface area contributed by atoms with E-state index in [9.17, 15) is 14.4 Å². The number of carbonyl (C=O) groups is 3. The van der Waals surface area contributed by atoms with E-state index in [0.29, 0.717) is 28.6 Å². The third kappa shape index (κ3) is 3.65. The van der Waals surface area contributed by atoms with Gasteiger partial charge in [-0.05, 0) is 56.7 Å². The number of hydrogen-bond donors (Lipinski definition) is 0. The minimum Gasteiger partial charge on any atom is -0.491 e.